The maximum atomic E-state index is 14.8. The zero-order valence-electron chi connectivity index (χ0n) is 22.5. The molecular formula is C29H35F4N3O2. The van der Waals surface area contributed by atoms with Gasteiger partial charge in [-0.15, -0.1) is 0 Å². The standard InChI is InChI=1S/C29H35F4N3O2/c1-6-19-9-7-8-10-23(19)26-24-11-12-25(37)35(24)13-14-36(26)27(38)34(5)18(2)20-15-21(28(3,4)30)17-22(16-20)29(31,32)33/h7-10,15-18,24,26H,6,11-14H2,1-5H3. The summed E-state index contributed by atoms with van der Waals surface area (Å²) >= 11 is 0. The van der Waals surface area contributed by atoms with Gasteiger partial charge in [-0.2, -0.15) is 13.2 Å². The van der Waals surface area contributed by atoms with Crippen LogP contribution in [0.2, 0.25) is 0 Å². The highest BCUT2D eigenvalue weighted by atomic mass is 19.4. The lowest BCUT2D eigenvalue weighted by Crippen LogP contribution is -2.57. The number of amides is 3. The van der Waals surface area contributed by atoms with Gasteiger partial charge in [0.25, 0.3) is 0 Å². The molecule has 0 saturated carbocycles. The highest BCUT2D eigenvalue weighted by molar-refractivity contribution is 5.81. The molecule has 3 unspecified atom stereocenters. The average Bonchev–Trinajstić information content (AvgIpc) is 3.26. The van der Waals surface area contributed by atoms with Crippen molar-refractivity contribution in [1.82, 2.24) is 14.7 Å². The molecule has 3 amide bonds. The molecular weight excluding hydrogens is 498 g/mol. The minimum absolute atomic E-state index is 0.0770. The largest absolute Gasteiger partial charge is 0.416 e. The molecule has 0 radical (unpaired) electrons. The van der Waals surface area contributed by atoms with E-state index in [-0.39, 0.29) is 35.1 Å². The molecule has 0 aliphatic carbocycles. The Kier molecular flexibility index (Phi) is 7.51. The fourth-order valence-electron chi connectivity index (χ4n) is 5.66. The summed E-state index contributed by atoms with van der Waals surface area (Å²) in [6.45, 7) is 6.83. The molecule has 0 aromatic heterocycles. The van der Waals surface area contributed by atoms with E-state index in [0.717, 1.165) is 29.7 Å². The maximum Gasteiger partial charge on any atom is 0.416 e. The van der Waals surface area contributed by atoms with Crippen molar-refractivity contribution in [2.24, 2.45) is 0 Å². The summed E-state index contributed by atoms with van der Waals surface area (Å²) in [6.07, 6.45) is -2.84. The van der Waals surface area contributed by atoms with Crippen molar-refractivity contribution in [2.45, 2.75) is 76.9 Å². The Balaban J connectivity index is 1.71. The van der Waals surface area contributed by atoms with Crippen LogP contribution in [0.5, 0.6) is 0 Å². The molecule has 2 saturated heterocycles. The number of rotatable bonds is 5. The molecule has 2 aromatic rings. The van der Waals surface area contributed by atoms with Gasteiger partial charge in [0.05, 0.1) is 23.7 Å². The minimum Gasteiger partial charge on any atom is -0.335 e. The first-order valence-corrected chi connectivity index (χ1v) is 13.1. The van der Waals surface area contributed by atoms with Crippen LogP contribution in [0, 0.1) is 0 Å². The summed E-state index contributed by atoms with van der Waals surface area (Å²) in [7, 11) is 1.56. The number of urea groups is 1. The number of alkyl halides is 4. The second kappa shape index (κ2) is 10.2. The second-order valence-electron chi connectivity index (χ2n) is 10.8. The molecule has 206 valence electrons. The van der Waals surface area contributed by atoms with Crippen LogP contribution in [0.25, 0.3) is 0 Å². The van der Waals surface area contributed by atoms with Crippen LogP contribution in [0.15, 0.2) is 42.5 Å². The van der Waals surface area contributed by atoms with E-state index < -0.39 is 23.5 Å². The Morgan fingerprint density at radius 2 is 1.74 bits per heavy atom. The number of carbonyl (C=O) groups is 2. The Morgan fingerprint density at radius 1 is 1.08 bits per heavy atom. The fourth-order valence-corrected chi connectivity index (χ4v) is 5.66. The van der Waals surface area contributed by atoms with E-state index in [0.29, 0.717) is 25.9 Å². The van der Waals surface area contributed by atoms with Gasteiger partial charge in [0.1, 0.15) is 5.67 Å². The quantitative estimate of drug-likeness (QED) is 0.405. The summed E-state index contributed by atoms with van der Waals surface area (Å²) in [5.41, 5.74) is -0.761. The Bertz CT molecular complexity index is 1170. The molecule has 0 N–H and O–H groups in total. The van der Waals surface area contributed by atoms with Crippen molar-refractivity contribution in [3.8, 4) is 0 Å². The molecule has 5 nitrogen and oxygen atoms in total. The van der Waals surface area contributed by atoms with Crippen LogP contribution in [-0.4, -0.2) is 52.8 Å². The van der Waals surface area contributed by atoms with Crippen LogP contribution in [-0.2, 0) is 23.1 Å². The van der Waals surface area contributed by atoms with Crippen LogP contribution >= 0.6 is 0 Å². The lowest BCUT2D eigenvalue weighted by molar-refractivity contribution is -0.137. The van der Waals surface area contributed by atoms with E-state index in [1.54, 1.807) is 18.9 Å². The predicted molar refractivity (Wildman–Crippen MR) is 137 cm³/mol. The van der Waals surface area contributed by atoms with E-state index in [1.165, 1.54) is 24.8 Å². The van der Waals surface area contributed by atoms with Crippen LogP contribution in [0.3, 0.4) is 0 Å². The first-order valence-electron chi connectivity index (χ1n) is 13.1. The number of hydrogen-bond acceptors (Lipinski definition) is 2. The van der Waals surface area contributed by atoms with E-state index in [4.69, 9.17) is 0 Å². The third-order valence-corrected chi connectivity index (χ3v) is 7.99. The van der Waals surface area contributed by atoms with Crippen LogP contribution < -0.4 is 0 Å². The first-order chi connectivity index (χ1) is 17.7. The fraction of sp³-hybridized carbons (Fsp3) is 0.517. The monoisotopic (exact) mass is 533 g/mol. The minimum atomic E-state index is -4.65. The van der Waals surface area contributed by atoms with Gasteiger partial charge in [-0.1, -0.05) is 37.3 Å². The summed E-state index contributed by atoms with van der Waals surface area (Å²) in [5.74, 6) is 0.0770. The normalized spacial score (nSPS) is 20.9. The van der Waals surface area contributed by atoms with Crippen LogP contribution in [0.1, 0.15) is 80.4 Å². The molecule has 2 fully saturated rings. The van der Waals surface area contributed by atoms with Crippen molar-refractivity contribution < 1.29 is 27.2 Å². The SMILES string of the molecule is CCc1ccccc1C1C2CCC(=O)N2CCN1C(=O)N(C)C(C)c1cc(C(C)(C)F)cc(C(F)(F)F)c1. The van der Waals surface area contributed by atoms with Crippen molar-refractivity contribution in [1.29, 1.82) is 0 Å². The Labute approximate surface area is 221 Å². The summed E-state index contributed by atoms with van der Waals surface area (Å²) < 4.78 is 55.8. The topological polar surface area (TPSA) is 43.9 Å². The molecule has 38 heavy (non-hydrogen) atoms. The molecule has 0 bridgehead atoms. The van der Waals surface area contributed by atoms with E-state index in [2.05, 4.69) is 0 Å². The van der Waals surface area contributed by atoms with Crippen molar-refractivity contribution in [2.75, 3.05) is 20.1 Å². The number of benzene rings is 2. The second-order valence-corrected chi connectivity index (χ2v) is 10.8. The molecule has 4 rings (SSSR count). The van der Waals surface area contributed by atoms with Gasteiger partial charge in [-0.25, -0.2) is 9.18 Å². The molecule has 2 aromatic carbocycles. The molecule has 2 heterocycles. The van der Waals surface area contributed by atoms with Crippen molar-refractivity contribution in [3.05, 3.63) is 70.3 Å². The number of fused-ring (bicyclic) bond motifs is 1. The highest BCUT2D eigenvalue weighted by Gasteiger charge is 2.46. The lowest BCUT2D eigenvalue weighted by Gasteiger charge is -2.47. The maximum absolute atomic E-state index is 14.8. The molecule has 3 atom stereocenters. The predicted octanol–water partition coefficient (Wildman–Crippen LogP) is 6.63. The number of hydrogen-bond donors (Lipinski definition) is 0. The number of carbonyl (C=O) groups excluding carboxylic acids is 2. The lowest BCUT2D eigenvalue weighted by atomic mass is 9.89. The van der Waals surface area contributed by atoms with E-state index in [9.17, 15) is 27.2 Å². The van der Waals surface area contributed by atoms with Crippen molar-refractivity contribution in [3.63, 3.8) is 0 Å². The number of halogens is 4. The number of piperazine rings is 1. The highest BCUT2D eigenvalue weighted by Crippen LogP contribution is 2.41. The molecule has 9 heteroatoms. The van der Waals surface area contributed by atoms with Gasteiger partial charge in [0.2, 0.25) is 5.91 Å². The van der Waals surface area contributed by atoms with Gasteiger partial charge >= 0.3 is 12.2 Å². The van der Waals surface area contributed by atoms with Gasteiger partial charge in [0, 0.05) is 26.6 Å². The molecule has 2 aliphatic rings. The Morgan fingerprint density at radius 3 is 2.37 bits per heavy atom. The van der Waals surface area contributed by atoms with Gasteiger partial charge in [-0.05, 0) is 68.0 Å². The van der Waals surface area contributed by atoms with Crippen LogP contribution in [0.4, 0.5) is 22.4 Å². The summed E-state index contributed by atoms with van der Waals surface area (Å²) in [4.78, 5) is 31.6. The van der Waals surface area contributed by atoms with E-state index >= 15 is 0 Å². The van der Waals surface area contributed by atoms with Gasteiger partial charge in [-0.3, -0.25) is 4.79 Å². The smallest absolute Gasteiger partial charge is 0.335 e. The van der Waals surface area contributed by atoms with Gasteiger partial charge < -0.3 is 14.7 Å². The van der Waals surface area contributed by atoms with Crippen molar-refractivity contribution >= 4 is 11.9 Å². The first kappa shape index (κ1) is 27.9. The summed E-state index contributed by atoms with van der Waals surface area (Å²) in [6, 6.07) is 9.46. The molecule has 2 aliphatic heterocycles. The third-order valence-electron chi connectivity index (χ3n) is 7.99. The Hall–Kier alpha value is -3.10. The van der Waals surface area contributed by atoms with E-state index in [1.807, 2.05) is 36.1 Å². The zero-order chi connectivity index (χ0) is 28.0. The number of aryl methyl sites for hydroxylation is 1. The third kappa shape index (κ3) is 5.24. The average molecular weight is 534 g/mol. The molecule has 0 spiro atoms. The van der Waals surface area contributed by atoms with Gasteiger partial charge in [0.15, 0.2) is 0 Å². The zero-order valence-corrected chi connectivity index (χ0v) is 22.5. The summed E-state index contributed by atoms with van der Waals surface area (Å²) in [5, 5.41) is 0. The number of nitrogens with zero attached hydrogens (tertiary/aromatic N) is 3.